The van der Waals surface area contributed by atoms with Gasteiger partial charge in [-0.1, -0.05) is 0 Å². The molecule has 2 aliphatic rings. The number of nitrogens with one attached hydrogen (secondary N) is 2. The molecule has 5 rings (SSSR count). The predicted octanol–water partition coefficient (Wildman–Crippen LogP) is 2.61. The topological polar surface area (TPSA) is 74.6 Å². The number of anilines is 2. The number of carbonyl (C=O) groups is 1. The number of fused-ring (bicyclic) bond motifs is 5. The molecule has 2 aromatic heterocycles. The van der Waals surface area contributed by atoms with Gasteiger partial charge in [-0.3, -0.25) is 4.79 Å². The smallest absolute Gasteiger partial charge is 0.256 e. The average Bonchev–Trinajstić information content (AvgIpc) is 3.32. The lowest BCUT2D eigenvalue weighted by molar-refractivity contribution is 0.0949. The first-order valence-corrected chi connectivity index (χ1v) is 9.52. The van der Waals surface area contributed by atoms with Crippen LogP contribution in [-0.2, 0) is 0 Å². The minimum absolute atomic E-state index is 0.150. The van der Waals surface area contributed by atoms with Gasteiger partial charge in [-0.15, -0.1) is 0 Å². The zero-order valence-electron chi connectivity index (χ0n) is 15.5. The van der Waals surface area contributed by atoms with E-state index >= 15 is 0 Å². The fraction of sp³-hybridized carbons (Fsp3) is 0.350. The van der Waals surface area contributed by atoms with Gasteiger partial charge in [0, 0.05) is 37.1 Å². The first kappa shape index (κ1) is 17.0. The third kappa shape index (κ3) is 2.85. The average molecular weight is 380 g/mol. The molecule has 3 aromatic rings. The summed E-state index contributed by atoms with van der Waals surface area (Å²) in [5, 5.41) is 10.6. The number of benzene rings is 1. The zero-order chi connectivity index (χ0) is 19.3. The first-order chi connectivity index (χ1) is 13.6. The Balaban J connectivity index is 1.62. The standard InChI is InChI=1S/C20H21FN6O/c1-12-15-8-14(21)2-3-17(15)26-6-4-13(11-26)9-22-20(28)16-10-23-27-7-5-18(24-12)25-19(16)27/h2-3,5,7-8,10,12-13H,4,6,9,11H2,1H3,(H,22,28)(H,24,25)/t12?,13-/m0/s1. The van der Waals surface area contributed by atoms with Crippen molar-refractivity contribution in [2.45, 2.75) is 19.4 Å². The maximum absolute atomic E-state index is 14.0. The molecule has 2 atom stereocenters. The monoisotopic (exact) mass is 380 g/mol. The van der Waals surface area contributed by atoms with Crippen LogP contribution in [0.2, 0.25) is 0 Å². The van der Waals surface area contributed by atoms with Crippen LogP contribution in [0.5, 0.6) is 0 Å². The molecule has 0 radical (unpaired) electrons. The van der Waals surface area contributed by atoms with Crippen molar-refractivity contribution in [1.29, 1.82) is 0 Å². The number of hydrogen-bond donors (Lipinski definition) is 2. The van der Waals surface area contributed by atoms with Crippen molar-refractivity contribution in [3.05, 3.63) is 53.6 Å². The van der Waals surface area contributed by atoms with Crippen molar-refractivity contribution in [2.75, 3.05) is 29.9 Å². The van der Waals surface area contributed by atoms with E-state index in [0.717, 1.165) is 30.8 Å². The Morgan fingerprint density at radius 3 is 3.07 bits per heavy atom. The largest absolute Gasteiger partial charge is 0.371 e. The second kappa shape index (κ2) is 6.47. The summed E-state index contributed by atoms with van der Waals surface area (Å²) in [6, 6.07) is 6.60. The normalized spacial score (nSPS) is 21.9. The van der Waals surface area contributed by atoms with Gasteiger partial charge in [0.15, 0.2) is 5.65 Å². The summed E-state index contributed by atoms with van der Waals surface area (Å²) in [4.78, 5) is 19.5. The van der Waals surface area contributed by atoms with Crippen LogP contribution in [0.1, 0.15) is 35.3 Å². The molecule has 144 valence electrons. The highest BCUT2D eigenvalue weighted by molar-refractivity contribution is 5.99. The van der Waals surface area contributed by atoms with Crippen LogP contribution in [-0.4, -0.2) is 40.1 Å². The number of hydrogen-bond acceptors (Lipinski definition) is 5. The summed E-state index contributed by atoms with van der Waals surface area (Å²) in [6.45, 7) is 4.30. The summed E-state index contributed by atoms with van der Waals surface area (Å²) < 4.78 is 15.6. The van der Waals surface area contributed by atoms with Crippen molar-refractivity contribution in [2.24, 2.45) is 5.92 Å². The third-order valence-electron chi connectivity index (χ3n) is 5.61. The molecule has 28 heavy (non-hydrogen) atoms. The third-order valence-corrected chi connectivity index (χ3v) is 5.61. The van der Waals surface area contributed by atoms with Crippen molar-refractivity contribution < 1.29 is 9.18 Å². The predicted molar refractivity (Wildman–Crippen MR) is 104 cm³/mol. The molecule has 0 aliphatic carbocycles. The SMILES string of the molecule is CC1Nc2ccn3ncc(c3n2)C(=O)NC[C@@H]2CCN(C2)c2ccc(F)cc21. The van der Waals surface area contributed by atoms with E-state index in [0.29, 0.717) is 29.5 Å². The Labute approximate surface area is 161 Å². The second-order valence-corrected chi connectivity index (χ2v) is 7.52. The molecule has 1 amide bonds. The van der Waals surface area contributed by atoms with Crippen LogP contribution >= 0.6 is 0 Å². The van der Waals surface area contributed by atoms with E-state index in [2.05, 4.69) is 25.6 Å². The quantitative estimate of drug-likeness (QED) is 0.627. The van der Waals surface area contributed by atoms with E-state index in [4.69, 9.17) is 0 Å². The van der Waals surface area contributed by atoms with E-state index in [9.17, 15) is 9.18 Å². The number of rotatable bonds is 0. The summed E-state index contributed by atoms with van der Waals surface area (Å²) in [5.74, 6) is 0.545. The lowest BCUT2D eigenvalue weighted by Gasteiger charge is -2.26. The summed E-state index contributed by atoms with van der Waals surface area (Å²) in [5.41, 5.74) is 2.88. The van der Waals surface area contributed by atoms with E-state index in [1.54, 1.807) is 29.0 Å². The van der Waals surface area contributed by atoms with Crippen LogP contribution in [0.3, 0.4) is 0 Å². The lowest BCUT2D eigenvalue weighted by atomic mass is 10.0. The van der Waals surface area contributed by atoms with E-state index in [1.807, 2.05) is 13.0 Å². The molecule has 1 aromatic carbocycles. The fourth-order valence-electron chi connectivity index (χ4n) is 4.12. The van der Waals surface area contributed by atoms with E-state index < -0.39 is 0 Å². The molecule has 7 nitrogen and oxygen atoms in total. The van der Waals surface area contributed by atoms with Gasteiger partial charge in [-0.2, -0.15) is 5.10 Å². The van der Waals surface area contributed by atoms with Crippen molar-refractivity contribution in [3.8, 4) is 0 Å². The van der Waals surface area contributed by atoms with Crippen molar-refractivity contribution in [3.63, 3.8) is 0 Å². The molecule has 2 aliphatic heterocycles. The van der Waals surface area contributed by atoms with Gasteiger partial charge < -0.3 is 15.5 Å². The molecule has 1 unspecified atom stereocenters. The maximum atomic E-state index is 14.0. The molecule has 0 spiro atoms. The molecule has 1 saturated heterocycles. The summed E-state index contributed by atoms with van der Waals surface area (Å²) in [6.07, 6.45) is 4.29. The molecule has 4 bridgehead atoms. The Morgan fingerprint density at radius 2 is 2.18 bits per heavy atom. The molecule has 8 heteroatoms. The highest BCUT2D eigenvalue weighted by Gasteiger charge is 2.27. The molecule has 2 N–H and O–H groups in total. The number of amides is 1. The van der Waals surface area contributed by atoms with Crippen LogP contribution < -0.4 is 15.5 Å². The molecular weight excluding hydrogens is 359 g/mol. The second-order valence-electron chi connectivity index (χ2n) is 7.52. The number of aromatic nitrogens is 3. The van der Waals surface area contributed by atoms with E-state index in [1.165, 1.54) is 6.07 Å². The molecular formula is C20H21FN6O. The van der Waals surface area contributed by atoms with Crippen LogP contribution in [0.25, 0.3) is 5.65 Å². The minimum Gasteiger partial charge on any atom is -0.371 e. The van der Waals surface area contributed by atoms with E-state index in [-0.39, 0.29) is 17.8 Å². The van der Waals surface area contributed by atoms with Gasteiger partial charge in [0.2, 0.25) is 0 Å². The van der Waals surface area contributed by atoms with Gasteiger partial charge in [0.25, 0.3) is 5.91 Å². The Bertz CT molecular complexity index is 1060. The van der Waals surface area contributed by atoms with Crippen LogP contribution in [0.4, 0.5) is 15.9 Å². The van der Waals surface area contributed by atoms with Gasteiger partial charge >= 0.3 is 0 Å². The molecule has 4 heterocycles. The summed E-state index contributed by atoms with van der Waals surface area (Å²) in [7, 11) is 0. The Hall–Kier alpha value is -3.16. The van der Waals surface area contributed by atoms with Gasteiger partial charge in [-0.05, 0) is 43.5 Å². The lowest BCUT2D eigenvalue weighted by Crippen LogP contribution is -2.31. The Morgan fingerprint density at radius 1 is 1.29 bits per heavy atom. The van der Waals surface area contributed by atoms with Gasteiger partial charge in [0.05, 0.1) is 12.2 Å². The van der Waals surface area contributed by atoms with Crippen molar-refractivity contribution in [1.82, 2.24) is 19.9 Å². The first-order valence-electron chi connectivity index (χ1n) is 9.52. The highest BCUT2D eigenvalue weighted by Crippen LogP contribution is 2.33. The highest BCUT2D eigenvalue weighted by atomic mass is 19.1. The maximum Gasteiger partial charge on any atom is 0.256 e. The minimum atomic E-state index is -0.252. The summed E-state index contributed by atoms with van der Waals surface area (Å²) >= 11 is 0. The van der Waals surface area contributed by atoms with Crippen LogP contribution in [0.15, 0.2) is 36.7 Å². The number of carbonyl (C=O) groups excluding carboxylic acids is 1. The van der Waals surface area contributed by atoms with Gasteiger partial charge in [0.1, 0.15) is 17.2 Å². The zero-order valence-corrected chi connectivity index (χ0v) is 15.5. The van der Waals surface area contributed by atoms with Gasteiger partial charge in [-0.25, -0.2) is 13.9 Å². The molecule has 1 fully saturated rings. The number of nitrogens with zero attached hydrogens (tertiary/aromatic N) is 4. The van der Waals surface area contributed by atoms with Crippen LogP contribution in [0, 0.1) is 11.7 Å². The van der Waals surface area contributed by atoms with Crippen molar-refractivity contribution >= 4 is 23.1 Å². The fourth-order valence-corrected chi connectivity index (χ4v) is 4.12. The molecule has 0 saturated carbocycles. The Kier molecular flexibility index (Phi) is 3.92. The number of halogens is 1.